The van der Waals surface area contributed by atoms with Gasteiger partial charge in [-0.2, -0.15) is 0 Å². The second-order valence-electron chi connectivity index (χ2n) is 5.41. The lowest BCUT2D eigenvalue weighted by molar-refractivity contribution is -0.924. The number of carboxylic acid groups (broad SMARTS) is 1. The molecule has 0 atom stereocenters. The maximum absolute atomic E-state index is 10.9. The zero-order valence-corrected chi connectivity index (χ0v) is 11.0. The van der Waals surface area contributed by atoms with Crippen LogP contribution in [0.25, 0.3) is 0 Å². The number of quaternary nitrogens is 1. The first-order valence-corrected chi connectivity index (χ1v) is 6.35. The SMILES string of the molecule is Cc1cc(C[N+]2(C)CCNCC2)ccc1C(=O)[O-]. The molecule has 98 valence electrons. The lowest BCUT2D eigenvalue weighted by Gasteiger charge is -2.38. The van der Waals surface area contributed by atoms with Crippen LogP contribution in [0.2, 0.25) is 0 Å². The molecule has 0 saturated carbocycles. The molecule has 0 aliphatic carbocycles. The highest BCUT2D eigenvalue weighted by molar-refractivity contribution is 5.87. The van der Waals surface area contributed by atoms with Crippen LogP contribution in [0.4, 0.5) is 0 Å². The normalized spacial score (nSPS) is 18.6. The topological polar surface area (TPSA) is 52.2 Å². The van der Waals surface area contributed by atoms with Gasteiger partial charge in [0.05, 0.1) is 26.1 Å². The number of benzene rings is 1. The van der Waals surface area contributed by atoms with Crippen molar-refractivity contribution in [3.8, 4) is 0 Å². The molecule has 0 bridgehead atoms. The number of carboxylic acids is 1. The van der Waals surface area contributed by atoms with Crippen molar-refractivity contribution in [1.29, 1.82) is 0 Å². The number of rotatable bonds is 3. The fraction of sp³-hybridized carbons (Fsp3) is 0.500. The van der Waals surface area contributed by atoms with Gasteiger partial charge >= 0.3 is 0 Å². The first kappa shape index (κ1) is 13.1. The quantitative estimate of drug-likeness (QED) is 0.761. The lowest BCUT2D eigenvalue weighted by Crippen LogP contribution is -2.55. The molecule has 1 heterocycles. The van der Waals surface area contributed by atoms with Gasteiger partial charge in [-0.25, -0.2) is 0 Å². The summed E-state index contributed by atoms with van der Waals surface area (Å²) >= 11 is 0. The van der Waals surface area contributed by atoms with Crippen LogP contribution >= 0.6 is 0 Å². The van der Waals surface area contributed by atoms with Crippen molar-refractivity contribution in [1.82, 2.24) is 5.32 Å². The fourth-order valence-electron chi connectivity index (χ4n) is 2.59. The Morgan fingerprint density at radius 2 is 2.06 bits per heavy atom. The van der Waals surface area contributed by atoms with E-state index in [0.29, 0.717) is 5.56 Å². The summed E-state index contributed by atoms with van der Waals surface area (Å²) in [4.78, 5) is 10.9. The maximum atomic E-state index is 10.9. The molecule has 0 unspecified atom stereocenters. The molecule has 1 fully saturated rings. The average molecular weight is 248 g/mol. The number of hydrogen-bond donors (Lipinski definition) is 1. The van der Waals surface area contributed by atoms with Crippen molar-refractivity contribution in [3.05, 3.63) is 34.9 Å². The van der Waals surface area contributed by atoms with E-state index in [2.05, 4.69) is 12.4 Å². The van der Waals surface area contributed by atoms with Crippen LogP contribution in [0.3, 0.4) is 0 Å². The molecule has 1 aliphatic heterocycles. The predicted octanol–water partition coefficient (Wildman–Crippen LogP) is -0.0917. The number of aryl methyl sites for hydroxylation is 1. The standard InChI is InChI=1S/C14H20N2O2/c1-11-9-12(3-4-13(11)14(17)18)10-16(2)7-5-15-6-8-16/h3-4,9,15H,5-8,10H2,1-2H3. The molecule has 4 heteroatoms. The molecule has 1 saturated heterocycles. The third-order valence-electron chi connectivity index (χ3n) is 3.73. The zero-order chi connectivity index (χ0) is 13.2. The Hall–Kier alpha value is -1.39. The van der Waals surface area contributed by atoms with Gasteiger partial charge in [0.2, 0.25) is 0 Å². The van der Waals surface area contributed by atoms with Gasteiger partial charge < -0.3 is 19.7 Å². The van der Waals surface area contributed by atoms with Gasteiger partial charge in [-0.3, -0.25) is 0 Å². The first-order valence-electron chi connectivity index (χ1n) is 6.35. The van der Waals surface area contributed by atoms with Gasteiger partial charge in [-0.05, 0) is 18.6 Å². The molecule has 4 nitrogen and oxygen atoms in total. The Morgan fingerprint density at radius 3 is 2.61 bits per heavy atom. The molecule has 0 spiro atoms. The highest BCUT2D eigenvalue weighted by atomic mass is 16.4. The van der Waals surface area contributed by atoms with Gasteiger partial charge in [-0.15, -0.1) is 0 Å². The van der Waals surface area contributed by atoms with E-state index in [1.165, 1.54) is 5.56 Å². The Balaban J connectivity index is 2.14. The smallest absolute Gasteiger partial charge is 0.104 e. The summed E-state index contributed by atoms with van der Waals surface area (Å²) in [7, 11) is 2.25. The number of carbonyl (C=O) groups is 1. The summed E-state index contributed by atoms with van der Waals surface area (Å²) in [6.07, 6.45) is 0. The van der Waals surface area contributed by atoms with E-state index in [4.69, 9.17) is 0 Å². The van der Waals surface area contributed by atoms with Crippen LogP contribution in [0.5, 0.6) is 0 Å². The highest BCUT2D eigenvalue weighted by Gasteiger charge is 2.24. The molecular weight excluding hydrogens is 228 g/mol. The number of hydrogen-bond acceptors (Lipinski definition) is 3. The molecule has 18 heavy (non-hydrogen) atoms. The first-order chi connectivity index (χ1) is 8.50. The highest BCUT2D eigenvalue weighted by Crippen LogP contribution is 2.16. The van der Waals surface area contributed by atoms with E-state index < -0.39 is 5.97 Å². The van der Waals surface area contributed by atoms with Gasteiger partial charge in [0.1, 0.15) is 6.54 Å². The monoisotopic (exact) mass is 248 g/mol. The Kier molecular flexibility index (Phi) is 3.68. The minimum Gasteiger partial charge on any atom is -0.545 e. The second-order valence-corrected chi connectivity index (χ2v) is 5.41. The van der Waals surface area contributed by atoms with E-state index in [9.17, 15) is 9.90 Å². The molecule has 1 aromatic carbocycles. The second kappa shape index (κ2) is 5.08. The lowest BCUT2D eigenvalue weighted by atomic mass is 10.0. The molecule has 0 aromatic heterocycles. The van der Waals surface area contributed by atoms with Gasteiger partial charge in [0, 0.05) is 24.2 Å². The number of likely N-dealkylation sites (N-methyl/N-ethyl adjacent to an activating group) is 1. The summed E-state index contributed by atoms with van der Waals surface area (Å²) in [6, 6.07) is 5.54. The van der Waals surface area contributed by atoms with Crippen molar-refractivity contribution >= 4 is 5.97 Å². The van der Waals surface area contributed by atoms with Crippen LogP contribution < -0.4 is 10.4 Å². The van der Waals surface area contributed by atoms with Gasteiger partial charge in [0.15, 0.2) is 0 Å². The van der Waals surface area contributed by atoms with E-state index >= 15 is 0 Å². The minimum absolute atomic E-state index is 0.293. The third-order valence-corrected chi connectivity index (χ3v) is 3.73. The number of nitrogens with one attached hydrogen (secondary N) is 1. The van der Waals surface area contributed by atoms with Gasteiger partial charge in [0.25, 0.3) is 0 Å². The van der Waals surface area contributed by atoms with Crippen molar-refractivity contribution in [2.75, 3.05) is 33.2 Å². The molecule has 0 amide bonds. The molecule has 1 N–H and O–H groups in total. The minimum atomic E-state index is -1.10. The molecule has 0 radical (unpaired) electrons. The van der Waals surface area contributed by atoms with Crippen LogP contribution in [0.1, 0.15) is 21.5 Å². The summed E-state index contributed by atoms with van der Waals surface area (Å²) < 4.78 is 1.01. The zero-order valence-electron chi connectivity index (χ0n) is 11.0. The maximum Gasteiger partial charge on any atom is 0.104 e. The molecule has 1 aliphatic rings. The Bertz CT molecular complexity index is 451. The molecule has 2 rings (SSSR count). The largest absolute Gasteiger partial charge is 0.545 e. The van der Waals surface area contributed by atoms with Crippen molar-refractivity contribution < 1.29 is 14.4 Å². The third kappa shape index (κ3) is 2.89. The molecular formula is C14H20N2O2. The van der Waals surface area contributed by atoms with Gasteiger partial charge in [-0.1, -0.05) is 12.1 Å². The predicted molar refractivity (Wildman–Crippen MR) is 68.0 cm³/mol. The van der Waals surface area contributed by atoms with Crippen LogP contribution in [-0.2, 0) is 6.54 Å². The van der Waals surface area contributed by atoms with Crippen molar-refractivity contribution in [3.63, 3.8) is 0 Å². The number of piperazine rings is 1. The number of nitrogens with zero attached hydrogens (tertiary/aromatic N) is 1. The van der Waals surface area contributed by atoms with E-state index in [1.54, 1.807) is 6.07 Å². The summed E-state index contributed by atoms with van der Waals surface area (Å²) in [6.45, 7) is 7.10. The average Bonchev–Trinajstić information content (AvgIpc) is 2.28. The van der Waals surface area contributed by atoms with E-state index in [0.717, 1.165) is 42.8 Å². The van der Waals surface area contributed by atoms with Crippen molar-refractivity contribution in [2.24, 2.45) is 0 Å². The summed E-state index contributed by atoms with van der Waals surface area (Å²) in [5.41, 5.74) is 2.28. The van der Waals surface area contributed by atoms with E-state index in [-0.39, 0.29) is 0 Å². The number of carbonyl (C=O) groups excluding carboxylic acids is 1. The summed E-state index contributed by atoms with van der Waals surface area (Å²) in [5, 5.41) is 14.2. The van der Waals surface area contributed by atoms with Crippen LogP contribution in [0.15, 0.2) is 18.2 Å². The Morgan fingerprint density at radius 1 is 1.39 bits per heavy atom. The van der Waals surface area contributed by atoms with Crippen molar-refractivity contribution in [2.45, 2.75) is 13.5 Å². The molecule has 1 aromatic rings. The number of aromatic carboxylic acids is 1. The fourth-order valence-corrected chi connectivity index (χ4v) is 2.59. The van der Waals surface area contributed by atoms with Crippen LogP contribution in [0, 0.1) is 6.92 Å². The van der Waals surface area contributed by atoms with E-state index in [1.807, 2.05) is 19.1 Å². The van der Waals surface area contributed by atoms with Crippen LogP contribution in [-0.4, -0.2) is 43.7 Å². The summed E-state index contributed by atoms with van der Waals surface area (Å²) in [5.74, 6) is -1.10. The Labute approximate surface area is 108 Å².